The summed E-state index contributed by atoms with van der Waals surface area (Å²) in [6.45, 7) is 3.73. The molecule has 8 heteroatoms. The Morgan fingerprint density at radius 2 is 1.79 bits per heavy atom. The highest BCUT2D eigenvalue weighted by Crippen LogP contribution is 2.22. The Bertz CT molecular complexity index is 1190. The molecule has 0 radical (unpaired) electrons. The lowest BCUT2D eigenvalue weighted by atomic mass is 10.1. The van der Waals surface area contributed by atoms with E-state index in [-0.39, 0.29) is 11.2 Å². The lowest BCUT2D eigenvalue weighted by Crippen LogP contribution is -2.44. The van der Waals surface area contributed by atoms with Crippen molar-refractivity contribution >= 4 is 17.1 Å². The third kappa shape index (κ3) is 2.90. The first-order valence-corrected chi connectivity index (χ1v) is 9.18. The zero-order valence-corrected chi connectivity index (χ0v) is 16.0. The lowest BCUT2D eigenvalue weighted by molar-refractivity contribution is 0.571. The van der Waals surface area contributed by atoms with Crippen molar-refractivity contribution in [1.29, 1.82) is 0 Å². The second kappa shape index (κ2) is 7.02. The molecular formula is C20H22N6O2. The number of hydrogen-bond acceptors (Lipinski definition) is 5. The van der Waals surface area contributed by atoms with Gasteiger partial charge in [-0.1, -0.05) is 18.1 Å². The van der Waals surface area contributed by atoms with E-state index in [9.17, 15) is 9.59 Å². The number of fused-ring (bicyclic) bond motifs is 1. The van der Waals surface area contributed by atoms with Gasteiger partial charge in [0.2, 0.25) is 5.95 Å². The van der Waals surface area contributed by atoms with Crippen molar-refractivity contribution in [3.05, 3.63) is 56.2 Å². The average molecular weight is 378 g/mol. The fraction of sp³-hybridized carbons (Fsp3) is 0.350. The third-order valence-electron chi connectivity index (χ3n) is 5.19. The van der Waals surface area contributed by atoms with E-state index >= 15 is 0 Å². The molecule has 8 nitrogen and oxygen atoms in total. The summed E-state index contributed by atoms with van der Waals surface area (Å²) in [6.07, 6.45) is 5.45. The Morgan fingerprint density at radius 3 is 2.43 bits per heavy atom. The molecule has 3 aromatic rings. The maximum atomic E-state index is 12.9. The molecule has 1 aliphatic heterocycles. The van der Waals surface area contributed by atoms with E-state index in [2.05, 4.69) is 16.1 Å². The van der Waals surface area contributed by atoms with Crippen LogP contribution in [0.5, 0.6) is 0 Å². The van der Waals surface area contributed by atoms with Crippen LogP contribution in [0, 0.1) is 12.3 Å². The molecule has 0 bridgehead atoms. The summed E-state index contributed by atoms with van der Waals surface area (Å²) in [5.41, 5.74) is 1.92. The predicted octanol–water partition coefficient (Wildman–Crippen LogP) is -0.127. The zero-order chi connectivity index (χ0) is 19.8. The van der Waals surface area contributed by atoms with Crippen molar-refractivity contribution in [3.8, 4) is 12.3 Å². The van der Waals surface area contributed by atoms with Crippen LogP contribution in [0.2, 0.25) is 0 Å². The lowest BCUT2D eigenvalue weighted by Gasteiger charge is -2.28. The molecule has 0 unspecified atom stereocenters. The Morgan fingerprint density at radius 1 is 1.11 bits per heavy atom. The van der Waals surface area contributed by atoms with Crippen LogP contribution in [0.25, 0.3) is 11.2 Å². The molecule has 0 aliphatic carbocycles. The molecule has 0 atom stereocenters. The van der Waals surface area contributed by atoms with Crippen LogP contribution in [0.15, 0.2) is 33.9 Å². The van der Waals surface area contributed by atoms with Crippen LogP contribution in [0.3, 0.4) is 0 Å². The molecule has 1 aromatic carbocycles. The first-order valence-electron chi connectivity index (χ1n) is 9.18. The number of nitrogens with one attached hydrogen (secondary N) is 1. The number of rotatable bonds is 3. The SMILES string of the molecule is C#Cc1ccc(Cn2c(N3CCNCC3)nc3c2c(=O)n(C)c(=O)n3C)cc1. The molecule has 1 aliphatic rings. The zero-order valence-electron chi connectivity index (χ0n) is 16.0. The molecule has 4 rings (SSSR count). The first kappa shape index (κ1) is 18.1. The quantitative estimate of drug-likeness (QED) is 0.643. The van der Waals surface area contributed by atoms with Gasteiger partial charge < -0.3 is 10.2 Å². The third-order valence-corrected chi connectivity index (χ3v) is 5.19. The minimum atomic E-state index is -0.382. The Kier molecular flexibility index (Phi) is 4.53. The summed E-state index contributed by atoms with van der Waals surface area (Å²) >= 11 is 0. The van der Waals surface area contributed by atoms with E-state index in [1.165, 1.54) is 11.6 Å². The molecule has 28 heavy (non-hydrogen) atoms. The molecule has 1 N–H and O–H groups in total. The Balaban J connectivity index is 1.93. The number of anilines is 1. The standard InChI is InChI=1S/C20H22N6O2/c1-4-14-5-7-15(8-6-14)13-26-16-17(23(2)20(28)24(3)18(16)27)22-19(26)25-11-9-21-10-12-25/h1,5-8,21H,9-13H2,2-3H3. The summed E-state index contributed by atoms with van der Waals surface area (Å²) in [6, 6.07) is 7.67. The minimum Gasteiger partial charge on any atom is -0.340 e. The molecule has 0 spiro atoms. The molecule has 1 saturated heterocycles. The van der Waals surface area contributed by atoms with Gasteiger partial charge in [-0.15, -0.1) is 6.42 Å². The smallest absolute Gasteiger partial charge is 0.332 e. The van der Waals surface area contributed by atoms with Gasteiger partial charge in [0, 0.05) is 45.8 Å². The van der Waals surface area contributed by atoms with Gasteiger partial charge in [0.25, 0.3) is 5.56 Å². The molecule has 0 amide bonds. The van der Waals surface area contributed by atoms with Gasteiger partial charge in [0.05, 0.1) is 6.54 Å². The maximum absolute atomic E-state index is 12.9. The van der Waals surface area contributed by atoms with Crippen molar-refractivity contribution in [3.63, 3.8) is 0 Å². The molecule has 3 heterocycles. The topological polar surface area (TPSA) is 77.1 Å². The van der Waals surface area contributed by atoms with Crippen molar-refractivity contribution < 1.29 is 0 Å². The second-order valence-electron chi connectivity index (χ2n) is 6.95. The summed E-state index contributed by atoms with van der Waals surface area (Å²) < 4.78 is 4.47. The van der Waals surface area contributed by atoms with Crippen LogP contribution in [-0.4, -0.2) is 44.9 Å². The van der Waals surface area contributed by atoms with E-state index in [4.69, 9.17) is 11.4 Å². The molecule has 2 aromatic heterocycles. The molecule has 1 fully saturated rings. The van der Waals surface area contributed by atoms with E-state index < -0.39 is 0 Å². The fourth-order valence-electron chi connectivity index (χ4n) is 3.58. The van der Waals surface area contributed by atoms with Crippen molar-refractivity contribution in [2.75, 3.05) is 31.1 Å². The van der Waals surface area contributed by atoms with Gasteiger partial charge in [-0.05, 0) is 17.7 Å². The van der Waals surface area contributed by atoms with E-state index in [1.54, 1.807) is 7.05 Å². The van der Waals surface area contributed by atoms with E-state index in [0.29, 0.717) is 23.7 Å². The average Bonchev–Trinajstić information content (AvgIpc) is 3.11. The molecular weight excluding hydrogens is 356 g/mol. The highest BCUT2D eigenvalue weighted by molar-refractivity contribution is 5.75. The monoisotopic (exact) mass is 378 g/mol. The van der Waals surface area contributed by atoms with Gasteiger partial charge in [-0.3, -0.25) is 18.5 Å². The summed E-state index contributed by atoms with van der Waals surface area (Å²) in [4.78, 5) is 32.2. The van der Waals surface area contributed by atoms with Crippen LogP contribution in [-0.2, 0) is 20.6 Å². The summed E-state index contributed by atoms with van der Waals surface area (Å²) in [7, 11) is 3.14. The van der Waals surface area contributed by atoms with E-state index in [1.807, 2.05) is 28.8 Å². The molecule has 144 valence electrons. The van der Waals surface area contributed by atoms with Gasteiger partial charge in [-0.2, -0.15) is 4.98 Å². The first-order chi connectivity index (χ1) is 13.5. The second-order valence-corrected chi connectivity index (χ2v) is 6.95. The van der Waals surface area contributed by atoms with Gasteiger partial charge in [-0.25, -0.2) is 4.79 Å². The van der Waals surface area contributed by atoms with Crippen molar-refractivity contribution in [2.45, 2.75) is 6.54 Å². The highest BCUT2D eigenvalue weighted by atomic mass is 16.2. The fourth-order valence-corrected chi connectivity index (χ4v) is 3.58. The predicted molar refractivity (Wildman–Crippen MR) is 109 cm³/mol. The van der Waals surface area contributed by atoms with Gasteiger partial charge in [0.15, 0.2) is 11.2 Å². The van der Waals surface area contributed by atoms with Crippen LogP contribution >= 0.6 is 0 Å². The normalized spacial score (nSPS) is 14.4. The van der Waals surface area contributed by atoms with Crippen LogP contribution in [0.4, 0.5) is 5.95 Å². The van der Waals surface area contributed by atoms with Crippen LogP contribution < -0.4 is 21.5 Å². The van der Waals surface area contributed by atoms with Crippen LogP contribution in [0.1, 0.15) is 11.1 Å². The van der Waals surface area contributed by atoms with Gasteiger partial charge in [0.1, 0.15) is 0 Å². The number of terminal acetylenes is 1. The Labute approximate surface area is 162 Å². The number of piperazine rings is 1. The number of hydrogen-bond donors (Lipinski definition) is 1. The number of imidazole rings is 1. The summed E-state index contributed by atoms with van der Waals surface area (Å²) in [5, 5.41) is 3.32. The highest BCUT2D eigenvalue weighted by Gasteiger charge is 2.23. The Hall–Kier alpha value is -3.31. The summed E-state index contributed by atoms with van der Waals surface area (Å²) in [5.74, 6) is 3.31. The number of benzene rings is 1. The van der Waals surface area contributed by atoms with Gasteiger partial charge >= 0.3 is 5.69 Å². The maximum Gasteiger partial charge on any atom is 0.332 e. The van der Waals surface area contributed by atoms with E-state index in [0.717, 1.165) is 41.9 Å². The largest absolute Gasteiger partial charge is 0.340 e. The number of aromatic nitrogens is 4. The number of aryl methyl sites for hydroxylation is 1. The van der Waals surface area contributed by atoms with Crippen molar-refractivity contribution in [1.82, 2.24) is 24.0 Å². The minimum absolute atomic E-state index is 0.341. The molecule has 0 saturated carbocycles. The number of nitrogens with zero attached hydrogens (tertiary/aromatic N) is 5. The van der Waals surface area contributed by atoms with Crippen molar-refractivity contribution in [2.24, 2.45) is 14.1 Å².